The molecule has 0 aliphatic carbocycles. The van der Waals surface area contributed by atoms with E-state index < -0.39 is 16.9 Å². The molecule has 1 aliphatic heterocycles. The molecule has 0 fully saturated rings. The number of amides is 1. The third-order valence-electron chi connectivity index (χ3n) is 4.75. The number of carbonyl (C=O) groups excluding carboxylic acids is 1. The minimum Gasteiger partial charge on any atom is -0.361 e. The van der Waals surface area contributed by atoms with Crippen molar-refractivity contribution in [2.75, 3.05) is 0 Å². The molecule has 1 aliphatic rings. The summed E-state index contributed by atoms with van der Waals surface area (Å²) in [5.74, 6) is -0.615. The van der Waals surface area contributed by atoms with Gasteiger partial charge in [0.1, 0.15) is 0 Å². The molecule has 0 spiro atoms. The van der Waals surface area contributed by atoms with E-state index in [1.54, 1.807) is 72.8 Å². The molecular formula is C22H17F2NO2S. The summed E-state index contributed by atoms with van der Waals surface area (Å²) in [6.45, 7) is -0.129. The molecule has 0 saturated heterocycles. The largest absolute Gasteiger partial charge is 0.361 e. The van der Waals surface area contributed by atoms with Crippen molar-refractivity contribution in [3.05, 3.63) is 102 Å². The average molecular weight is 397 g/mol. The van der Waals surface area contributed by atoms with Crippen LogP contribution in [0.4, 0.5) is 8.78 Å². The fourth-order valence-corrected chi connectivity index (χ4v) is 4.34. The van der Waals surface area contributed by atoms with Gasteiger partial charge in [-0.25, -0.2) is 0 Å². The van der Waals surface area contributed by atoms with Crippen molar-refractivity contribution in [1.29, 1.82) is 0 Å². The first-order chi connectivity index (χ1) is 13.4. The zero-order valence-electron chi connectivity index (χ0n) is 14.8. The summed E-state index contributed by atoms with van der Waals surface area (Å²) in [6, 6.07) is 22.9. The Morgan fingerprint density at radius 3 is 2.14 bits per heavy atom. The standard InChI is InChI=1S/C22H17F2NO2S/c23-22(24,28-17-11-5-2-6-12-17)21(27)19-14-8-7-13-18(19)20(26)25(21)15-16-9-3-1-4-10-16/h1-14,27H,15H2. The van der Waals surface area contributed by atoms with Crippen molar-refractivity contribution < 1.29 is 18.7 Å². The van der Waals surface area contributed by atoms with E-state index in [9.17, 15) is 9.90 Å². The summed E-state index contributed by atoms with van der Waals surface area (Å²) in [5, 5.41) is 7.68. The summed E-state index contributed by atoms with van der Waals surface area (Å²) in [4.78, 5) is 14.1. The maximum atomic E-state index is 15.5. The molecule has 0 radical (unpaired) electrons. The summed E-state index contributed by atoms with van der Waals surface area (Å²) in [5.41, 5.74) is -2.10. The quantitative estimate of drug-likeness (QED) is 0.625. The molecule has 0 aromatic heterocycles. The van der Waals surface area contributed by atoms with Crippen molar-refractivity contribution in [3.63, 3.8) is 0 Å². The number of hydrogen-bond donors (Lipinski definition) is 1. The second kappa shape index (κ2) is 7.04. The lowest BCUT2D eigenvalue weighted by atomic mass is 10.0. The summed E-state index contributed by atoms with van der Waals surface area (Å²) in [6.07, 6.45) is 0. The van der Waals surface area contributed by atoms with Crippen LogP contribution in [0.5, 0.6) is 0 Å². The molecule has 3 aromatic rings. The molecule has 1 N–H and O–H groups in total. The van der Waals surface area contributed by atoms with E-state index >= 15 is 8.78 Å². The molecule has 1 unspecified atom stereocenters. The number of carbonyl (C=O) groups is 1. The minimum absolute atomic E-state index is 0.0793. The molecule has 4 rings (SSSR count). The zero-order chi connectivity index (χ0) is 19.8. The van der Waals surface area contributed by atoms with Crippen molar-refractivity contribution in [2.45, 2.75) is 22.4 Å². The lowest BCUT2D eigenvalue weighted by molar-refractivity contribution is -0.200. The van der Waals surface area contributed by atoms with Gasteiger partial charge in [0.05, 0.1) is 0 Å². The number of thioether (sulfide) groups is 1. The van der Waals surface area contributed by atoms with Crippen LogP contribution in [-0.4, -0.2) is 21.2 Å². The third kappa shape index (κ3) is 2.99. The van der Waals surface area contributed by atoms with Crippen LogP contribution in [0.1, 0.15) is 21.5 Å². The fraction of sp³-hybridized carbons (Fsp3) is 0.136. The molecule has 3 nitrogen and oxygen atoms in total. The Bertz CT molecular complexity index is 998. The maximum Gasteiger partial charge on any atom is 0.349 e. The summed E-state index contributed by atoms with van der Waals surface area (Å²) in [7, 11) is 0. The minimum atomic E-state index is -3.68. The number of benzene rings is 3. The first-order valence-corrected chi connectivity index (χ1v) is 9.55. The molecular weight excluding hydrogens is 380 g/mol. The monoisotopic (exact) mass is 397 g/mol. The second-order valence-corrected chi connectivity index (χ2v) is 7.71. The lowest BCUT2D eigenvalue weighted by Gasteiger charge is -2.39. The molecule has 1 heterocycles. The Balaban J connectivity index is 1.80. The van der Waals surface area contributed by atoms with Gasteiger partial charge in [-0.05, 0) is 35.5 Å². The van der Waals surface area contributed by atoms with Crippen LogP contribution >= 0.6 is 11.8 Å². The topological polar surface area (TPSA) is 40.5 Å². The maximum absolute atomic E-state index is 15.5. The van der Waals surface area contributed by atoms with Crippen LogP contribution in [0.3, 0.4) is 0 Å². The van der Waals surface area contributed by atoms with E-state index in [4.69, 9.17) is 0 Å². The van der Waals surface area contributed by atoms with Crippen molar-refractivity contribution in [2.24, 2.45) is 0 Å². The van der Waals surface area contributed by atoms with Gasteiger partial charge in [0, 0.05) is 22.6 Å². The fourth-order valence-electron chi connectivity index (χ4n) is 3.39. The van der Waals surface area contributed by atoms with Gasteiger partial charge in [-0.2, -0.15) is 8.78 Å². The van der Waals surface area contributed by atoms with E-state index in [0.29, 0.717) is 10.5 Å². The summed E-state index contributed by atoms with van der Waals surface area (Å²) >= 11 is 0.245. The van der Waals surface area contributed by atoms with Gasteiger partial charge in [-0.15, -0.1) is 0 Å². The molecule has 0 bridgehead atoms. The number of hydrogen-bond acceptors (Lipinski definition) is 3. The highest BCUT2D eigenvalue weighted by molar-refractivity contribution is 8.00. The van der Waals surface area contributed by atoms with Crippen molar-refractivity contribution >= 4 is 17.7 Å². The normalized spacial score (nSPS) is 19.0. The molecule has 1 atom stereocenters. The number of fused-ring (bicyclic) bond motifs is 1. The molecule has 3 aromatic carbocycles. The van der Waals surface area contributed by atoms with Gasteiger partial charge in [-0.3, -0.25) is 9.69 Å². The highest BCUT2D eigenvalue weighted by Crippen LogP contribution is 2.54. The first kappa shape index (κ1) is 18.7. The van der Waals surface area contributed by atoms with Crippen LogP contribution in [0.25, 0.3) is 0 Å². The van der Waals surface area contributed by atoms with E-state index in [2.05, 4.69) is 0 Å². The second-order valence-electron chi connectivity index (χ2n) is 6.53. The highest BCUT2D eigenvalue weighted by Gasteiger charge is 2.64. The van der Waals surface area contributed by atoms with E-state index in [1.165, 1.54) is 12.1 Å². The van der Waals surface area contributed by atoms with Gasteiger partial charge in [0.2, 0.25) is 5.72 Å². The average Bonchev–Trinajstić information content (AvgIpc) is 2.93. The molecule has 28 heavy (non-hydrogen) atoms. The number of nitrogens with zero attached hydrogens (tertiary/aromatic N) is 1. The van der Waals surface area contributed by atoms with Crippen LogP contribution < -0.4 is 0 Å². The van der Waals surface area contributed by atoms with Crippen molar-refractivity contribution in [3.8, 4) is 0 Å². The number of rotatable bonds is 5. The lowest BCUT2D eigenvalue weighted by Crippen LogP contribution is -2.54. The Hall–Kier alpha value is -2.70. The Labute approximate surface area is 165 Å². The number of aliphatic hydroxyl groups is 1. The van der Waals surface area contributed by atoms with Gasteiger partial charge in [-0.1, -0.05) is 66.7 Å². The van der Waals surface area contributed by atoms with Crippen LogP contribution in [0.2, 0.25) is 0 Å². The third-order valence-corrected chi connectivity index (χ3v) is 5.80. The number of halogens is 2. The number of alkyl halides is 2. The van der Waals surface area contributed by atoms with Crippen LogP contribution in [0.15, 0.2) is 89.8 Å². The van der Waals surface area contributed by atoms with E-state index in [-0.39, 0.29) is 29.4 Å². The zero-order valence-corrected chi connectivity index (χ0v) is 15.6. The van der Waals surface area contributed by atoms with E-state index in [1.807, 2.05) is 0 Å². The molecule has 0 saturated carbocycles. The first-order valence-electron chi connectivity index (χ1n) is 8.73. The van der Waals surface area contributed by atoms with E-state index in [0.717, 1.165) is 4.90 Å². The van der Waals surface area contributed by atoms with Gasteiger partial charge in [0.15, 0.2) is 0 Å². The van der Waals surface area contributed by atoms with Crippen LogP contribution in [0, 0.1) is 0 Å². The Kier molecular flexibility index (Phi) is 4.69. The smallest absolute Gasteiger partial charge is 0.349 e. The molecule has 1 amide bonds. The molecule has 142 valence electrons. The Morgan fingerprint density at radius 2 is 1.46 bits per heavy atom. The predicted molar refractivity (Wildman–Crippen MR) is 104 cm³/mol. The Morgan fingerprint density at radius 1 is 0.893 bits per heavy atom. The summed E-state index contributed by atoms with van der Waals surface area (Å²) < 4.78 is 31.0. The predicted octanol–water partition coefficient (Wildman–Crippen LogP) is 4.87. The van der Waals surface area contributed by atoms with Gasteiger partial charge >= 0.3 is 5.25 Å². The van der Waals surface area contributed by atoms with Crippen molar-refractivity contribution in [1.82, 2.24) is 4.90 Å². The van der Waals surface area contributed by atoms with Gasteiger partial charge < -0.3 is 5.11 Å². The SMILES string of the molecule is O=C1c2ccccc2C(O)(C(F)(F)Sc2ccccc2)N1Cc1ccccc1. The highest BCUT2D eigenvalue weighted by atomic mass is 32.2. The molecule has 6 heteroatoms. The van der Waals surface area contributed by atoms with Gasteiger partial charge in [0.25, 0.3) is 5.91 Å². The van der Waals surface area contributed by atoms with Crippen LogP contribution in [-0.2, 0) is 12.3 Å².